The summed E-state index contributed by atoms with van der Waals surface area (Å²) >= 11 is 6.21. The number of piperazine rings is 1. The molecule has 0 aromatic heterocycles. The van der Waals surface area contributed by atoms with Gasteiger partial charge < -0.3 is 19.3 Å². The van der Waals surface area contributed by atoms with Crippen LogP contribution in [0.1, 0.15) is 22.8 Å². The molecular formula is C21H23ClN2O4. The number of methoxy groups -OCH3 is 2. The van der Waals surface area contributed by atoms with E-state index < -0.39 is 6.04 Å². The number of amides is 2. The van der Waals surface area contributed by atoms with Crippen LogP contribution in [0.4, 0.5) is 5.69 Å². The average molecular weight is 403 g/mol. The van der Waals surface area contributed by atoms with Crippen LogP contribution in [0.3, 0.4) is 0 Å². The second-order valence-corrected chi connectivity index (χ2v) is 7.06. The Kier molecular flexibility index (Phi) is 5.79. The Morgan fingerprint density at radius 2 is 1.75 bits per heavy atom. The lowest BCUT2D eigenvalue weighted by Crippen LogP contribution is -2.58. The van der Waals surface area contributed by atoms with Crippen LogP contribution >= 0.6 is 11.6 Å². The van der Waals surface area contributed by atoms with Crippen molar-refractivity contribution in [2.24, 2.45) is 0 Å². The van der Waals surface area contributed by atoms with Gasteiger partial charge in [-0.15, -0.1) is 0 Å². The topological polar surface area (TPSA) is 59.1 Å². The maximum absolute atomic E-state index is 13.1. The van der Waals surface area contributed by atoms with Crippen LogP contribution < -0.4 is 14.4 Å². The summed E-state index contributed by atoms with van der Waals surface area (Å²) in [6, 6.07) is 9.89. The minimum absolute atomic E-state index is 0.139. The van der Waals surface area contributed by atoms with E-state index in [0.717, 1.165) is 11.3 Å². The van der Waals surface area contributed by atoms with Crippen LogP contribution in [0.2, 0.25) is 5.02 Å². The first-order chi connectivity index (χ1) is 13.4. The average Bonchev–Trinajstić information content (AvgIpc) is 2.71. The van der Waals surface area contributed by atoms with Crippen molar-refractivity contribution in [3.63, 3.8) is 0 Å². The molecule has 2 aromatic rings. The molecule has 0 unspecified atom stereocenters. The van der Waals surface area contributed by atoms with Gasteiger partial charge in [-0.2, -0.15) is 0 Å². The summed E-state index contributed by atoms with van der Waals surface area (Å²) in [6.07, 6.45) is 0. The number of carbonyl (C=O) groups excluding carboxylic acids is 2. The number of halogens is 1. The lowest BCUT2D eigenvalue weighted by atomic mass is 10.1. The van der Waals surface area contributed by atoms with Crippen molar-refractivity contribution in [2.45, 2.75) is 19.9 Å². The highest BCUT2D eigenvalue weighted by Gasteiger charge is 2.36. The van der Waals surface area contributed by atoms with Gasteiger partial charge in [-0.05, 0) is 43.7 Å². The van der Waals surface area contributed by atoms with Crippen molar-refractivity contribution >= 4 is 29.1 Å². The van der Waals surface area contributed by atoms with Crippen molar-refractivity contribution < 1.29 is 19.1 Å². The molecular weight excluding hydrogens is 380 g/mol. The van der Waals surface area contributed by atoms with Gasteiger partial charge in [0.2, 0.25) is 5.91 Å². The van der Waals surface area contributed by atoms with Gasteiger partial charge >= 0.3 is 0 Å². The largest absolute Gasteiger partial charge is 0.497 e. The standard InChI is InChI=1S/C21H23ClN2O4/c1-13-18(22)6-5-7-19(13)24-9-8-23(14(2)20(24)25)21(26)15-10-16(27-3)12-17(11-15)28-4/h5-7,10-12,14H,8-9H2,1-4H3/t14-/m0/s1. The zero-order valence-corrected chi connectivity index (χ0v) is 17.1. The third kappa shape index (κ3) is 3.64. The fourth-order valence-electron chi connectivity index (χ4n) is 3.37. The van der Waals surface area contributed by atoms with Crippen LogP contribution in [-0.2, 0) is 4.79 Å². The maximum atomic E-state index is 13.1. The number of ether oxygens (including phenoxy) is 2. The molecule has 148 valence electrons. The van der Waals surface area contributed by atoms with E-state index in [2.05, 4.69) is 0 Å². The van der Waals surface area contributed by atoms with E-state index in [0.29, 0.717) is 35.2 Å². The Morgan fingerprint density at radius 1 is 1.11 bits per heavy atom. The minimum Gasteiger partial charge on any atom is -0.497 e. The number of hydrogen-bond acceptors (Lipinski definition) is 4. The second-order valence-electron chi connectivity index (χ2n) is 6.65. The lowest BCUT2D eigenvalue weighted by Gasteiger charge is -2.39. The van der Waals surface area contributed by atoms with Gasteiger partial charge in [0.05, 0.1) is 14.2 Å². The van der Waals surface area contributed by atoms with E-state index in [9.17, 15) is 9.59 Å². The second kappa shape index (κ2) is 8.10. The molecule has 0 aliphatic carbocycles. The summed E-state index contributed by atoms with van der Waals surface area (Å²) in [5.74, 6) is 0.671. The van der Waals surface area contributed by atoms with Crippen LogP contribution in [0.15, 0.2) is 36.4 Å². The molecule has 1 atom stereocenters. The quantitative estimate of drug-likeness (QED) is 0.784. The Balaban J connectivity index is 1.86. The van der Waals surface area contributed by atoms with Gasteiger partial charge in [0, 0.05) is 35.4 Å². The third-order valence-corrected chi connectivity index (χ3v) is 5.45. The van der Waals surface area contributed by atoms with Crippen LogP contribution in [0.25, 0.3) is 0 Å². The summed E-state index contributed by atoms with van der Waals surface area (Å²) in [5.41, 5.74) is 2.05. The highest BCUT2D eigenvalue weighted by Crippen LogP contribution is 2.30. The molecule has 3 rings (SSSR count). The molecule has 28 heavy (non-hydrogen) atoms. The highest BCUT2D eigenvalue weighted by molar-refractivity contribution is 6.31. The van der Waals surface area contributed by atoms with Gasteiger partial charge in [0.25, 0.3) is 5.91 Å². The molecule has 0 N–H and O–H groups in total. The van der Waals surface area contributed by atoms with Crippen molar-refractivity contribution in [3.8, 4) is 11.5 Å². The number of hydrogen-bond donors (Lipinski definition) is 0. The van der Waals surface area contributed by atoms with E-state index in [1.807, 2.05) is 19.1 Å². The van der Waals surface area contributed by atoms with Gasteiger partial charge in [-0.3, -0.25) is 9.59 Å². The van der Waals surface area contributed by atoms with E-state index in [-0.39, 0.29) is 11.8 Å². The third-order valence-electron chi connectivity index (χ3n) is 5.04. The molecule has 1 fully saturated rings. The maximum Gasteiger partial charge on any atom is 0.254 e. The molecule has 0 bridgehead atoms. The molecule has 0 radical (unpaired) electrons. The zero-order valence-electron chi connectivity index (χ0n) is 16.4. The summed E-state index contributed by atoms with van der Waals surface area (Å²) in [7, 11) is 3.06. The summed E-state index contributed by atoms with van der Waals surface area (Å²) in [6.45, 7) is 4.44. The van der Waals surface area contributed by atoms with Crippen molar-refractivity contribution in [1.82, 2.24) is 4.90 Å². The van der Waals surface area contributed by atoms with Crippen molar-refractivity contribution in [2.75, 3.05) is 32.2 Å². The summed E-state index contributed by atoms with van der Waals surface area (Å²) < 4.78 is 10.5. The zero-order chi connectivity index (χ0) is 20.4. The Hall–Kier alpha value is -2.73. The van der Waals surface area contributed by atoms with Crippen molar-refractivity contribution in [3.05, 3.63) is 52.5 Å². The first-order valence-corrected chi connectivity index (χ1v) is 9.35. The van der Waals surface area contributed by atoms with Crippen LogP contribution in [0, 0.1) is 6.92 Å². The van der Waals surface area contributed by atoms with E-state index in [1.165, 1.54) is 14.2 Å². The van der Waals surface area contributed by atoms with Crippen LogP contribution in [-0.4, -0.2) is 50.1 Å². The number of nitrogens with zero attached hydrogens (tertiary/aromatic N) is 2. The molecule has 2 amide bonds. The van der Waals surface area contributed by atoms with E-state index in [1.54, 1.807) is 41.0 Å². The predicted octanol–water partition coefficient (Wildman–Crippen LogP) is 3.54. The number of anilines is 1. The minimum atomic E-state index is -0.600. The normalized spacial score (nSPS) is 16.9. The molecule has 0 spiro atoms. The fourth-order valence-corrected chi connectivity index (χ4v) is 3.54. The van der Waals surface area contributed by atoms with Crippen molar-refractivity contribution in [1.29, 1.82) is 0 Å². The molecule has 1 heterocycles. The highest BCUT2D eigenvalue weighted by atomic mass is 35.5. The first-order valence-electron chi connectivity index (χ1n) is 8.98. The summed E-state index contributed by atoms with van der Waals surface area (Å²) in [4.78, 5) is 29.4. The monoisotopic (exact) mass is 402 g/mol. The molecule has 1 saturated heterocycles. The molecule has 0 saturated carbocycles. The number of rotatable bonds is 4. The molecule has 7 heteroatoms. The molecule has 2 aromatic carbocycles. The van der Waals surface area contributed by atoms with Gasteiger partial charge in [-0.25, -0.2) is 0 Å². The van der Waals surface area contributed by atoms with E-state index in [4.69, 9.17) is 21.1 Å². The van der Waals surface area contributed by atoms with E-state index >= 15 is 0 Å². The Labute approximate surface area is 169 Å². The Morgan fingerprint density at radius 3 is 2.36 bits per heavy atom. The number of carbonyl (C=O) groups is 2. The van der Waals surface area contributed by atoms with Crippen LogP contribution in [0.5, 0.6) is 11.5 Å². The molecule has 1 aliphatic heterocycles. The SMILES string of the molecule is COc1cc(OC)cc(C(=O)N2CCN(c3cccc(Cl)c3C)C(=O)[C@@H]2C)c1. The van der Waals surface area contributed by atoms with Gasteiger partial charge in [-0.1, -0.05) is 17.7 Å². The van der Waals surface area contributed by atoms with Gasteiger partial charge in [0.1, 0.15) is 17.5 Å². The number of benzene rings is 2. The molecule has 1 aliphatic rings. The smallest absolute Gasteiger partial charge is 0.254 e. The fraction of sp³-hybridized carbons (Fsp3) is 0.333. The first kappa shape index (κ1) is 20.0. The molecule has 6 nitrogen and oxygen atoms in total. The van der Waals surface area contributed by atoms with Gasteiger partial charge in [0.15, 0.2) is 0 Å². The Bertz CT molecular complexity index is 893. The summed E-state index contributed by atoms with van der Waals surface area (Å²) in [5, 5.41) is 0.611. The predicted molar refractivity (Wildman–Crippen MR) is 109 cm³/mol. The lowest BCUT2D eigenvalue weighted by molar-refractivity contribution is -0.124.